The summed E-state index contributed by atoms with van der Waals surface area (Å²) in [4.78, 5) is 45.5. The van der Waals surface area contributed by atoms with Gasteiger partial charge in [0.05, 0.1) is 0 Å². The summed E-state index contributed by atoms with van der Waals surface area (Å²) in [6.45, 7) is 3.36. The molecule has 0 aromatic heterocycles. The Morgan fingerprint density at radius 2 is 1.76 bits per heavy atom. The van der Waals surface area contributed by atoms with E-state index in [9.17, 15) is 19.2 Å². The van der Waals surface area contributed by atoms with Gasteiger partial charge in [0.25, 0.3) is 0 Å². The molecule has 0 N–H and O–H groups in total. The molecule has 0 fully saturated rings. The van der Waals surface area contributed by atoms with Crippen LogP contribution in [0, 0.1) is 0 Å². The normalized spacial score (nSPS) is 23.8. The number of hydrogen-bond acceptors (Lipinski definition) is 4. The van der Waals surface area contributed by atoms with E-state index in [-0.39, 0.29) is 6.42 Å². The van der Waals surface area contributed by atoms with Crippen LogP contribution in [0.15, 0.2) is 37.0 Å². The molecule has 1 atom stereocenters. The van der Waals surface area contributed by atoms with Crippen LogP contribution in [0.25, 0.3) is 0 Å². The van der Waals surface area contributed by atoms with Gasteiger partial charge in [0.1, 0.15) is 0 Å². The molecule has 5 heteroatoms. The van der Waals surface area contributed by atoms with Crippen LogP contribution >= 0.6 is 0 Å². The zero-order chi connectivity index (χ0) is 12.9. The second-order valence-electron chi connectivity index (χ2n) is 3.31. The van der Waals surface area contributed by atoms with Crippen molar-refractivity contribution < 1.29 is 32.0 Å². The van der Waals surface area contributed by atoms with Crippen molar-refractivity contribution in [2.24, 2.45) is 0 Å². The van der Waals surface area contributed by atoms with Crippen LogP contribution < -0.4 is 0 Å². The molecule has 1 aliphatic rings. The molecule has 0 heterocycles. The Labute approximate surface area is 101 Å². The van der Waals surface area contributed by atoms with Crippen molar-refractivity contribution in [3.05, 3.63) is 37.0 Å². The molecule has 0 spiro atoms. The first kappa shape index (κ1) is 13.5. The molecular weight excluding hydrogens is 264 g/mol. The molecule has 0 bridgehead atoms. The Kier molecular flexibility index (Phi) is 4.10. The Balaban J connectivity index is 3.47. The van der Waals surface area contributed by atoms with Crippen molar-refractivity contribution >= 4 is 21.3 Å². The van der Waals surface area contributed by atoms with Crippen LogP contribution in [0.2, 0.25) is 4.31 Å². The number of rotatable bonds is 6. The summed E-state index contributed by atoms with van der Waals surface area (Å²) >= 11 is -3.48. The third kappa shape index (κ3) is 1.88. The molecule has 17 heavy (non-hydrogen) atoms. The van der Waals surface area contributed by atoms with Gasteiger partial charge in [0.2, 0.25) is 0 Å². The first-order chi connectivity index (χ1) is 8.12. The third-order valence-electron chi connectivity index (χ3n) is 2.56. The van der Waals surface area contributed by atoms with Gasteiger partial charge in [0.15, 0.2) is 0 Å². The van der Waals surface area contributed by atoms with E-state index in [1.165, 1.54) is 6.08 Å². The maximum absolute atomic E-state index is 12.0. The monoisotopic (exact) mass is 276 g/mol. The van der Waals surface area contributed by atoms with Crippen molar-refractivity contribution in [2.75, 3.05) is 0 Å². The number of allylic oxidation sites excluding steroid dienone is 5. The summed E-state index contributed by atoms with van der Waals surface area (Å²) in [5, 5.41) is 1.04. The van der Waals surface area contributed by atoms with Crippen LogP contribution in [0.5, 0.6) is 0 Å². The summed E-state index contributed by atoms with van der Waals surface area (Å²) in [6, 6.07) is 0. The van der Waals surface area contributed by atoms with E-state index in [2.05, 4.69) is 6.58 Å². The van der Waals surface area contributed by atoms with E-state index < -0.39 is 22.9 Å². The molecule has 1 unspecified atom stereocenters. The van der Waals surface area contributed by atoms with E-state index in [1.807, 2.05) is 0 Å². The molecule has 0 radical (unpaired) electrons. The molecule has 0 aromatic carbocycles. The van der Waals surface area contributed by atoms with Crippen molar-refractivity contribution in [3.63, 3.8) is 0 Å². The van der Waals surface area contributed by atoms with Crippen molar-refractivity contribution in [2.45, 2.75) is 10.7 Å². The maximum atomic E-state index is 12.0. The van der Waals surface area contributed by atoms with Crippen molar-refractivity contribution in [1.29, 1.82) is 0 Å². The second kappa shape index (κ2) is 5.17. The molecule has 0 aromatic rings. The SMILES string of the molecule is C=CC(=O)[C]1([Fe]([CH]=O)([CH]=O)[CH]=O)C=CC=CC1. The van der Waals surface area contributed by atoms with E-state index in [0.717, 1.165) is 6.08 Å². The van der Waals surface area contributed by atoms with Crippen LogP contribution in [0.1, 0.15) is 6.42 Å². The molecule has 92 valence electrons. The molecule has 0 saturated heterocycles. The summed E-state index contributed by atoms with van der Waals surface area (Å²) in [5.74, 6) is -0.468. The number of carbonyl (C=O) groups excluding carboxylic acids is 4. The Morgan fingerprint density at radius 3 is 2.12 bits per heavy atom. The summed E-state index contributed by atoms with van der Waals surface area (Å²) in [5.41, 5.74) is 0. The van der Waals surface area contributed by atoms with Gasteiger partial charge in [0, 0.05) is 0 Å². The van der Waals surface area contributed by atoms with Crippen LogP contribution in [-0.4, -0.2) is 21.3 Å². The van der Waals surface area contributed by atoms with E-state index in [1.54, 1.807) is 18.2 Å². The van der Waals surface area contributed by atoms with Gasteiger partial charge < -0.3 is 0 Å². The first-order valence-corrected chi connectivity index (χ1v) is 7.16. The molecular formula is C12H12FeO4. The fourth-order valence-electron chi connectivity index (χ4n) is 1.60. The van der Waals surface area contributed by atoms with Crippen molar-refractivity contribution in [1.82, 2.24) is 0 Å². The number of ketones is 1. The fraction of sp³-hybridized carbons (Fsp3) is 0.167. The minimum absolute atomic E-state index is 0.171. The molecule has 4 nitrogen and oxygen atoms in total. The molecule has 1 aliphatic carbocycles. The molecule has 0 aliphatic heterocycles. The zero-order valence-corrected chi connectivity index (χ0v) is 10.1. The standard InChI is InChI=1S/C9H9O.3CHO.Fe/c1-2-9(10)8-6-4-3-5-7-8;3*1-2;/h2-6H,1,7H2;3*1H;. The average Bonchev–Trinajstić information content (AvgIpc) is 2.41. The van der Waals surface area contributed by atoms with E-state index in [4.69, 9.17) is 0 Å². The van der Waals surface area contributed by atoms with Gasteiger partial charge in [-0.2, -0.15) is 0 Å². The topological polar surface area (TPSA) is 68.3 Å². The zero-order valence-electron chi connectivity index (χ0n) is 9.02. The summed E-state index contributed by atoms with van der Waals surface area (Å²) in [7, 11) is 0. The molecule has 1 rings (SSSR count). The Morgan fingerprint density at radius 1 is 1.18 bits per heavy atom. The quantitative estimate of drug-likeness (QED) is 0.414. The molecule has 0 saturated carbocycles. The van der Waals surface area contributed by atoms with Gasteiger partial charge in [-0.25, -0.2) is 0 Å². The fourth-order valence-corrected chi connectivity index (χ4v) is 4.01. The molecule has 0 amide bonds. The van der Waals surface area contributed by atoms with Crippen molar-refractivity contribution in [3.8, 4) is 0 Å². The van der Waals surface area contributed by atoms with Gasteiger partial charge in [-0.05, 0) is 0 Å². The van der Waals surface area contributed by atoms with E-state index in [0.29, 0.717) is 15.6 Å². The van der Waals surface area contributed by atoms with Gasteiger partial charge in [-0.1, -0.05) is 0 Å². The third-order valence-corrected chi connectivity index (χ3v) is 6.24. The Hall–Kier alpha value is -1.58. The van der Waals surface area contributed by atoms with Crippen LogP contribution in [-0.2, 0) is 32.0 Å². The summed E-state index contributed by atoms with van der Waals surface area (Å²) < 4.78 is -1.35. The predicted octanol–water partition coefficient (Wildman–Crippen LogP) is 1.14. The summed E-state index contributed by atoms with van der Waals surface area (Å²) in [6.07, 6.45) is 7.62. The van der Waals surface area contributed by atoms with Crippen LogP contribution in [0.4, 0.5) is 0 Å². The second-order valence-corrected chi connectivity index (χ2v) is 7.14. The van der Waals surface area contributed by atoms with Gasteiger partial charge in [-0.3, -0.25) is 0 Å². The van der Waals surface area contributed by atoms with Gasteiger partial charge >= 0.3 is 101 Å². The van der Waals surface area contributed by atoms with Crippen LogP contribution in [0.3, 0.4) is 0 Å². The number of hydrogen-bond donors (Lipinski definition) is 0. The predicted molar refractivity (Wildman–Crippen MR) is 61.0 cm³/mol. The van der Waals surface area contributed by atoms with Gasteiger partial charge in [-0.15, -0.1) is 0 Å². The minimum atomic E-state index is -3.48. The Bertz CT molecular complexity index is 414. The average molecular weight is 276 g/mol. The van der Waals surface area contributed by atoms with E-state index >= 15 is 0 Å². The number of carbonyl (C=O) groups is 4. The first-order valence-electron chi connectivity index (χ1n) is 4.70.